The van der Waals surface area contributed by atoms with Crippen LogP contribution in [0, 0.1) is 0 Å². The lowest BCUT2D eigenvalue weighted by molar-refractivity contribution is -0.116. The van der Waals surface area contributed by atoms with E-state index >= 15 is 0 Å². The summed E-state index contributed by atoms with van der Waals surface area (Å²) in [5.74, 6) is -0.326. The number of ketones is 1. The lowest BCUT2D eigenvalue weighted by atomic mass is 10.0. The molecular weight excluding hydrogens is 178 g/mol. The van der Waals surface area contributed by atoms with Gasteiger partial charge < -0.3 is 10.5 Å². The van der Waals surface area contributed by atoms with E-state index in [4.69, 9.17) is 5.73 Å². The van der Waals surface area contributed by atoms with Crippen LogP contribution in [0.1, 0.15) is 29.3 Å². The molecule has 3 heteroatoms. The van der Waals surface area contributed by atoms with Gasteiger partial charge in [-0.3, -0.25) is 4.79 Å². The molecule has 74 valence electrons. The fourth-order valence-electron chi connectivity index (χ4n) is 1.29. The summed E-state index contributed by atoms with van der Waals surface area (Å²) in [7, 11) is 0. The number of hydrogen-bond donors (Lipinski definition) is 1. The van der Waals surface area contributed by atoms with Gasteiger partial charge >= 0.3 is 0 Å². The van der Waals surface area contributed by atoms with E-state index in [1.807, 2.05) is 12.1 Å². The van der Waals surface area contributed by atoms with Gasteiger partial charge in [0.25, 0.3) is 0 Å². The van der Waals surface area contributed by atoms with Crippen molar-refractivity contribution in [3.63, 3.8) is 0 Å². The largest absolute Gasteiger partial charge is 0.366 e. The van der Waals surface area contributed by atoms with E-state index in [0.29, 0.717) is 18.4 Å². The number of primary amides is 1. The molecule has 0 aromatic heterocycles. The van der Waals surface area contributed by atoms with Crippen LogP contribution < -0.4 is 5.73 Å². The second kappa shape index (κ2) is 4.56. The Morgan fingerprint density at radius 3 is 2.50 bits per heavy atom. The topological polar surface area (TPSA) is 60.2 Å². The third-order valence-electron chi connectivity index (χ3n) is 2.03. The van der Waals surface area contributed by atoms with Gasteiger partial charge in [0.15, 0.2) is 0 Å². The minimum atomic E-state index is -0.441. The van der Waals surface area contributed by atoms with E-state index in [9.17, 15) is 9.59 Å². The molecule has 0 atom stereocenters. The molecule has 0 aliphatic rings. The standard InChI is InChI=1S/C11H13NO2/c1-8(13)6-7-9-4-2-3-5-10(9)11(12)14/h2-5H,6-7H2,1H3,(H2,12,14). The molecule has 0 fully saturated rings. The summed E-state index contributed by atoms with van der Waals surface area (Å²) in [5.41, 5.74) is 6.55. The summed E-state index contributed by atoms with van der Waals surface area (Å²) in [5, 5.41) is 0. The van der Waals surface area contributed by atoms with Crippen molar-refractivity contribution >= 4 is 11.7 Å². The Balaban J connectivity index is 2.84. The minimum Gasteiger partial charge on any atom is -0.366 e. The van der Waals surface area contributed by atoms with Gasteiger partial charge in [0, 0.05) is 12.0 Å². The molecule has 3 nitrogen and oxygen atoms in total. The molecule has 0 spiro atoms. The average Bonchev–Trinajstić information content (AvgIpc) is 2.15. The Morgan fingerprint density at radius 1 is 1.29 bits per heavy atom. The fourth-order valence-corrected chi connectivity index (χ4v) is 1.29. The maximum absolute atomic E-state index is 11.0. The lowest BCUT2D eigenvalue weighted by Gasteiger charge is -2.04. The Morgan fingerprint density at radius 2 is 1.93 bits per heavy atom. The monoisotopic (exact) mass is 191 g/mol. The predicted octanol–water partition coefficient (Wildman–Crippen LogP) is 1.31. The number of benzene rings is 1. The SMILES string of the molecule is CC(=O)CCc1ccccc1C(N)=O. The first-order valence-electron chi connectivity index (χ1n) is 4.48. The number of nitrogens with two attached hydrogens (primary N) is 1. The van der Waals surface area contributed by atoms with Crippen molar-refractivity contribution in [2.75, 3.05) is 0 Å². The molecule has 0 heterocycles. The highest BCUT2D eigenvalue weighted by atomic mass is 16.1. The highest BCUT2D eigenvalue weighted by Gasteiger charge is 2.07. The second-order valence-electron chi connectivity index (χ2n) is 3.22. The van der Waals surface area contributed by atoms with Gasteiger partial charge in [-0.1, -0.05) is 18.2 Å². The summed E-state index contributed by atoms with van der Waals surface area (Å²) in [6, 6.07) is 7.10. The van der Waals surface area contributed by atoms with E-state index in [-0.39, 0.29) is 5.78 Å². The highest BCUT2D eigenvalue weighted by molar-refractivity contribution is 5.94. The molecule has 1 aromatic carbocycles. The molecule has 14 heavy (non-hydrogen) atoms. The fraction of sp³-hybridized carbons (Fsp3) is 0.273. The second-order valence-corrected chi connectivity index (χ2v) is 3.22. The third-order valence-corrected chi connectivity index (χ3v) is 2.03. The summed E-state index contributed by atoms with van der Waals surface area (Å²) in [6.07, 6.45) is 1.03. The maximum Gasteiger partial charge on any atom is 0.248 e. The van der Waals surface area contributed by atoms with Crippen LogP contribution in [0.2, 0.25) is 0 Å². The molecule has 0 bridgehead atoms. The van der Waals surface area contributed by atoms with E-state index in [1.165, 1.54) is 6.92 Å². The first-order chi connectivity index (χ1) is 6.61. The van der Waals surface area contributed by atoms with E-state index in [0.717, 1.165) is 5.56 Å². The first kappa shape index (κ1) is 10.4. The molecule has 0 unspecified atom stereocenters. The molecule has 1 amide bonds. The summed E-state index contributed by atoms with van der Waals surface area (Å²) >= 11 is 0. The molecule has 0 radical (unpaired) electrons. The average molecular weight is 191 g/mol. The number of rotatable bonds is 4. The highest BCUT2D eigenvalue weighted by Crippen LogP contribution is 2.10. The van der Waals surface area contributed by atoms with E-state index in [2.05, 4.69) is 0 Å². The zero-order valence-electron chi connectivity index (χ0n) is 8.12. The van der Waals surface area contributed by atoms with Crippen molar-refractivity contribution in [2.45, 2.75) is 19.8 Å². The van der Waals surface area contributed by atoms with Gasteiger partial charge in [0.1, 0.15) is 5.78 Å². The molecule has 2 N–H and O–H groups in total. The van der Waals surface area contributed by atoms with Gasteiger partial charge in [-0.2, -0.15) is 0 Å². The minimum absolute atomic E-state index is 0.115. The first-order valence-corrected chi connectivity index (χ1v) is 4.48. The van der Waals surface area contributed by atoms with Crippen LogP contribution >= 0.6 is 0 Å². The van der Waals surface area contributed by atoms with Crippen LogP contribution in [0.5, 0.6) is 0 Å². The van der Waals surface area contributed by atoms with Crippen molar-refractivity contribution in [3.8, 4) is 0 Å². The Bertz CT molecular complexity index is 358. The van der Waals surface area contributed by atoms with E-state index < -0.39 is 5.91 Å². The smallest absolute Gasteiger partial charge is 0.248 e. The Labute approximate surface area is 82.9 Å². The Hall–Kier alpha value is -1.64. The third kappa shape index (κ3) is 2.69. The number of carbonyl (C=O) groups is 2. The van der Waals surface area contributed by atoms with Crippen molar-refractivity contribution in [3.05, 3.63) is 35.4 Å². The van der Waals surface area contributed by atoms with Gasteiger partial charge in [0.05, 0.1) is 0 Å². The molecule has 0 saturated heterocycles. The number of Topliss-reactive ketones (excluding diaryl/α,β-unsaturated/α-hetero) is 1. The Kier molecular flexibility index (Phi) is 3.40. The number of hydrogen-bond acceptors (Lipinski definition) is 2. The molecule has 0 saturated carbocycles. The zero-order valence-corrected chi connectivity index (χ0v) is 8.12. The van der Waals surface area contributed by atoms with Crippen molar-refractivity contribution in [2.24, 2.45) is 5.73 Å². The van der Waals surface area contributed by atoms with Gasteiger partial charge in [-0.15, -0.1) is 0 Å². The quantitative estimate of drug-likeness (QED) is 0.779. The van der Waals surface area contributed by atoms with Crippen molar-refractivity contribution in [1.29, 1.82) is 0 Å². The van der Waals surface area contributed by atoms with E-state index in [1.54, 1.807) is 12.1 Å². The number of amides is 1. The summed E-state index contributed by atoms with van der Waals surface area (Å²) in [6.45, 7) is 1.53. The van der Waals surface area contributed by atoms with Gasteiger partial charge in [0.2, 0.25) is 5.91 Å². The summed E-state index contributed by atoms with van der Waals surface area (Å²) < 4.78 is 0. The van der Waals surface area contributed by atoms with Crippen LogP contribution in [0.25, 0.3) is 0 Å². The van der Waals surface area contributed by atoms with Crippen LogP contribution in [0.4, 0.5) is 0 Å². The van der Waals surface area contributed by atoms with Gasteiger partial charge in [-0.05, 0) is 25.0 Å². The van der Waals surface area contributed by atoms with Gasteiger partial charge in [-0.25, -0.2) is 0 Å². The normalized spacial score (nSPS) is 9.79. The number of carbonyl (C=O) groups excluding carboxylic acids is 2. The molecular formula is C11H13NO2. The van der Waals surface area contributed by atoms with Crippen LogP contribution in [0.15, 0.2) is 24.3 Å². The predicted molar refractivity (Wildman–Crippen MR) is 54.0 cm³/mol. The maximum atomic E-state index is 11.0. The van der Waals surface area contributed by atoms with Crippen LogP contribution in [0.3, 0.4) is 0 Å². The number of aryl methyl sites for hydroxylation is 1. The molecule has 0 aliphatic heterocycles. The molecule has 1 rings (SSSR count). The van der Waals surface area contributed by atoms with Crippen LogP contribution in [-0.2, 0) is 11.2 Å². The zero-order chi connectivity index (χ0) is 10.6. The van der Waals surface area contributed by atoms with Crippen LogP contribution in [-0.4, -0.2) is 11.7 Å². The lowest BCUT2D eigenvalue weighted by Crippen LogP contribution is -2.14. The molecule has 1 aromatic rings. The molecule has 0 aliphatic carbocycles. The summed E-state index contributed by atoms with van der Waals surface area (Å²) in [4.78, 5) is 21.8. The van der Waals surface area contributed by atoms with Crippen molar-refractivity contribution < 1.29 is 9.59 Å². The van der Waals surface area contributed by atoms with Crippen molar-refractivity contribution in [1.82, 2.24) is 0 Å².